The van der Waals surface area contributed by atoms with Gasteiger partial charge in [0.05, 0.1) is 6.61 Å². The van der Waals surface area contributed by atoms with Crippen molar-refractivity contribution in [3.63, 3.8) is 0 Å². The Balaban J connectivity index is 2.60. The Morgan fingerprint density at radius 1 is 1.18 bits per heavy atom. The van der Waals surface area contributed by atoms with Gasteiger partial charge in [-0.3, -0.25) is 0 Å². The number of hydrogen-bond donors (Lipinski definition) is 1. The average Bonchev–Trinajstić information content (AvgIpc) is 2.24. The van der Waals surface area contributed by atoms with Gasteiger partial charge in [0.25, 0.3) is 0 Å². The van der Waals surface area contributed by atoms with Gasteiger partial charge in [-0.05, 0) is 29.4 Å². The zero-order valence-electron chi connectivity index (χ0n) is 11.5. The fourth-order valence-corrected chi connectivity index (χ4v) is 1.93. The molecule has 2 nitrogen and oxygen atoms in total. The van der Waals surface area contributed by atoms with Crippen molar-refractivity contribution in [1.29, 1.82) is 0 Å². The second kappa shape index (κ2) is 6.18. The van der Waals surface area contributed by atoms with Crippen molar-refractivity contribution in [2.45, 2.75) is 39.7 Å². The van der Waals surface area contributed by atoms with E-state index in [1.807, 2.05) is 0 Å². The van der Waals surface area contributed by atoms with E-state index in [4.69, 9.17) is 10.5 Å². The lowest BCUT2D eigenvalue weighted by molar-refractivity contribution is 0.202. The molecule has 1 atom stereocenters. The summed E-state index contributed by atoms with van der Waals surface area (Å²) in [4.78, 5) is 0. The van der Waals surface area contributed by atoms with Gasteiger partial charge in [0.15, 0.2) is 0 Å². The maximum Gasteiger partial charge on any atom is 0.0502 e. The predicted molar refractivity (Wildman–Crippen MR) is 73.0 cm³/mol. The molecular weight excluding hydrogens is 210 g/mol. The zero-order valence-corrected chi connectivity index (χ0v) is 11.5. The summed E-state index contributed by atoms with van der Waals surface area (Å²) in [6.45, 7) is 7.44. The molecule has 0 fully saturated rings. The van der Waals surface area contributed by atoms with Gasteiger partial charge in [0, 0.05) is 13.2 Å². The van der Waals surface area contributed by atoms with Crippen LogP contribution in [0.15, 0.2) is 24.3 Å². The zero-order chi connectivity index (χ0) is 12.9. The van der Waals surface area contributed by atoms with Crippen LogP contribution in [0, 0.1) is 5.41 Å². The highest BCUT2D eigenvalue weighted by molar-refractivity contribution is 5.25. The van der Waals surface area contributed by atoms with Gasteiger partial charge in [-0.2, -0.15) is 0 Å². The Labute approximate surface area is 105 Å². The number of hydrogen-bond acceptors (Lipinski definition) is 2. The largest absolute Gasteiger partial charge is 0.384 e. The first kappa shape index (κ1) is 14.2. The number of rotatable bonds is 5. The van der Waals surface area contributed by atoms with Crippen LogP contribution < -0.4 is 5.73 Å². The quantitative estimate of drug-likeness (QED) is 0.849. The van der Waals surface area contributed by atoms with E-state index in [-0.39, 0.29) is 11.5 Å². The summed E-state index contributed by atoms with van der Waals surface area (Å²) in [6, 6.07) is 8.71. The molecule has 2 heteroatoms. The normalized spacial score (nSPS) is 13.7. The van der Waals surface area contributed by atoms with Gasteiger partial charge in [-0.15, -0.1) is 0 Å². The van der Waals surface area contributed by atoms with Gasteiger partial charge in [0.2, 0.25) is 0 Å². The van der Waals surface area contributed by atoms with E-state index in [9.17, 15) is 0 Å². The number of ether oxygens (including phenoxy) is 1. The Hall–Kier alpha value is -0.860. The van der Waals surface area contributed by atoms with Crippen LogP contribution in [0.2, 0.25) is 0 Å². The topological polar surface area (TPSA) is 35.2 Å². The molecule has 1 aromatic carbocycles. The van der Waals surface area contributed by atoms with Crippen LogP contribution in [0.4, 0.5) is 0 Å². The number of nitrogens with two attached hydrogens (primary N) is 1. The summed E-state index contributed by atoms with van der Waals surface area (Å²) in [5.41, 5.74) is 9.01. The second-order valence-corrected chi connectivity index (χ2v) is 5.86. The van der Waals surface area contributed by atoms with Crippen LogP contribution in [0.25, 0.3) is 0 Å². The standard InChI is InChI=1S/C15H25NO/c1-15(2,3)11-14(16)13-7-5-12(6-8-13)9-10-17-4/h5-8,14H,9-11,16H2,1-4H3. The van der Waals surface area contributed by atoms with Crippen molar-refractivity contribution in [1.82, 2.24) is 0 Å². The lowest BCUT2D eigenvalue weighted by atomic mass is 9.86. The maximum absolute atomic E-state index is 6.21. The molecule has 96 valence electrons. The molecule has 0 bridgehead atoms. The highest BCUT2D eigenvalue weighted by Gasteiger charge is 2.16. The average molecular weight is 235 g/mol. The highest BCUT2D eigenvalue weighted by Crippen LogP contribution is 2.27. The molecule has 0 aliphatic heterocycles. The SMILES string of the molecule is COCCc1ccc(C(N)CC(C)(C)C)cc1. The monoisotopic (exact) mass is 235 g/mol. The number of methoxy groups -OCH3 is 1. The van der Waals surface area contributed by atoms with E-state index in [2.05, 4.69) is 45.0 Å². The van der Waals surface area contributed by atoms with E-state index < -0.39 is 0 Å². The molecule has 2 N–H and O–H groups in total. The molecule has 0 aliphatic carbocycles. The van der Waals surface area contributed by atoms with Crippen molar-refractivity contribution in [3.05, 3.63) is 35.4 Å². The summed E-state index contributed by atoms with van der Waals surface area (Å²) in [5, 5.41) is 0. The van der Waals surface area contributed by atoms with E-state index in [0.717, 1.165) is 19.4 Å². The molecule has 0 saturated carbocycles. The Morgan fingerprint density at radius 3 is 2.24 bits per heavy atom. The fraction of sp³-hybridized carbons (Fsp3) is 0.600. The van der Waals surface area contributed by atoms with E-state index >= 15 is 0 Å². The third-order valence-electron chi connectivity index (χ3n) is 2.84. The molecule has 0 aliphatic rings. The molecule has 0 aromatic heterocycles. The summed E-state index contributed by atoms with van der Waals surface area (Å²) in [5.74, 6) is 0. The van der Waals surface area contributed by atoms with Gasteiger partial charge in [-0.1, -0.05) is 45.0 Å². The van der Waals surface area contributed by atoms with Gasteiger partial charge in [0.1, 0.15) is 0 Å². The van der Waals surface area contributed by atoms with E-state index in [0.29, 0.717) is 0 Å². The Morgan fingerprint density at radius 2 is 1.76 bits per heavy atom. The van der Waals surface area contributed by atoms with Gasteiger partial charge < -0.3 is 10.5 Å². The second-order valence-electron chi connectivity index (χ2n) is 5.86. The van der Waals surface area contributed by atoms with Gasteiger partial charge in [-0.25, -0.2) is 0 Å². The molecule has 0 saturated heterocycles. The third-order valence-corrected chi connectivity index (χ3v) is 2.84. The molecule has 1 unspecified atom stereocenters. The first-order chi connectivity index (χ1) is 7.92. The number of benzene rings is 1. The van der Waals surface area contributed by atoms with Crippen LogP contribution in [-0.2, 0) is 11.2 Å². The van der Waals surface area contributed by atoms with Gasteiger partial charge >= 0.3 is 0 Å². The minimum atomic E-state index is 0.131. The van der Waals surface area contributed by atoms with Crippen LogP contribution in [0.5, 0.6) is 0 Å². The smallest absolute Gasteiger partial charge is 0.0502 e. The van der Waals surface area contributed by atoms with Crippen molar-refractivity contribution in [2.75, 3.05) is 13.7 Å². The van der Waals surface area contributed by atoms with Crippen molar-refractivity contribution >= 4 is 0 Å². The lowest BCUT2D eigenvalue weighted by Crippen LogP contribution is -2.18. The molecule has 1 aromatic rings. The van der Waals surface area contributed by atoms with Crippen molar-refractivity contribution in [3.8, 4) is 0 Å². The minimum Gasteiger partial charge on any atom is -0.384 e. The first-order valence-electron chi connectivity index (χ1n) is 6.26. The summed E-state index contributed by atoms with van der Waals surface area (Å²) < 4.78 is 5.06. The molecule has 0 amide bonds. The minimum absolute atomic E-state index is 0.131. The maximum atomic E-state index is 6.21. The third kappa shape index (κ3) is 5.33. The molecule has 0 radical (unpaired) electrons. The summed E-state index contributed by atoms with van der Waals surface area (Å²) >= 11 is 0. The molecule has 1 rings (SSSR count). The molecule has 0 heterocycles. The van der Waals surface area contributed by atoms with Crippen LogP contribution in [0.1, 0.15) is 44.4 Å². The Kier molecular flexibility index (Phi) is 5.16. The van der Waals surface area contributed by atoms with Crippen LogP contribution >= 0.6 is 0 Å². The predicted octanol–water partition coefficient (Wildman–Crippen LogP) is 3.31. The van der Waals surface area contributed by atoms with Crippen molar-refractivity contribution < 1.29 is 4.74 Å². The molecule has 0 spiro atoms. The van der Waals surface area contributed by atoms with Crippen LogP contribution in [-0.4, -0.2) is 13.7 Å². The molecular formula is C15H25NO. The summed E-state index contributed by atoms with van der Waals surface area (Å²) in [6.07, 6.45) is 1.97. The fourth-order valence-electron chi connectivity index (χ4n) is 1.93. The summed E-state index contributed by atoms with van der Waals surface area (Å²) in [7, 11) is 1.73. The van der Waals surface area contributed by atoms with Crippen molar-refractivity contribution in [2.24, 2.45) is 11.1 Å². The Bertz CT molecular complexity index is 324. The van der Waals surface area contributed by atoms with E-state index in [1.54, 1.807) is 7.11 Å². The highest BCUT2D eigenvalue weighted by atomic mass is 16.5. The lowest BCUT2D eigenvalue weighted by Gasteiger charge is -2.23. The molecule has 17 heavy (non-hydrogen) atoms. The van der Waals surface area contributed by atoms with Crippen LogP contribution in [0.3, 0.4) is 0 Å². The first-order valence-corrected chi connectivity index (χ1v) is 6.26. The van der Waals surface area contributed by atoms with E-state index in [1.165, 1.54) is 11.1 Å².